The monoisotopic (exact) mass is 344 g/mol. The number of amides is 2. The first-order valence-corrected chi connectivity index (χ1v) is 7.99. The Morgan fingerprint density at radius 1 is 1.25 bits per heavy atom. The standard InChI is InChI=1S/C16H19F3N2O3/c1-9(22)20-11-4-5-13(16(17,18)19)21(8-11)15(23)12-6-7-24-14(12)10-2-3-10/h6-7,10-11,13H,2-5,8H2,1H3,(H,20,22)/t11-,13+/m0/s1. The van der Waals surface area contributed by atoms with Gasteiger partial charge in [0, 0.05) is 25.4 Å². The van der Waals surface area contributed by atoms with Crippen LogP contribution in [0.4, 0.5) is 13.2 Å². The summed E-state index contributed by atoms with van der Waals surface area (Å²) >= 11 is 0. The van der Waals surface area contributed by atoms with E-state index in [-0.39, 0.29) is 36.8 Å². The second kappa shape index (κ2) is 6.14. The molecule has 3 rings (SSSR count). The van der Waals surface area contributed by atoms with Crippen LogP contribution in [0.1, 0.15) is 54.6 Å². The van der Waals surface area contributed by atoms with Crippen molar-refractivity contribution < 1.29 is 27.2 Å². The summed E-state index contributed by atoms with van der Waals surface area (Å²) in [5.41, 5.74) is 0.204. The third-order valence-corrected chi connectivity index (χ3v) is 4.50. The smallest absolute Gasteiger partial charge is 0.408 e. The normalized spacial score (nSPS) is 24.8. The van der Waals surface area contributed by atoms with Crippen LogP contribution in [0.15, 0.2) is 16.7 Å². The van der Waals surface area contributed by atoms with Gasteiger partial charge in [-0.3, -0.25) is 9.59 Å². The van der Waals surface area contributed by atoms with E-state index >= 15 is 0 Å². The predicted octanol–water partition coefficient (Wildman–Crippen LogP) is 2.83. The lowest BCUT2D eigenvalue weighted by Crippen LogP contribution is -2.58. The van der Waals surface area contributed by atoms with Gasteiger partial charge in [-0.05, 0) is 31.7 Å². The van der Waals surface area contributed by atoms with E-state index in [1.54, 1.807) is 0 Å². The summed E-state index contributed by atoms with van der Waals surface area (Å²) in [7, 11) is 0. The lowest BCUT2D eigenvalue weighted by Gasteiger charge is -2.40. The summed E-state index contributed by atoms with van der Waals surface area (Å²) in [6.07, 6.45) is -1.43. The molecule has 0 radical (unpaired) electrons. The van der Waals surface area contributed by atoms with Gasteiger partial charge in [0.15, 0.2) is 0 Å². The molecular weight excluding hydrogens is 325 g/mol. The lowest BCUT2D eigenvalue weighted by atomic mass is 9.96. The van der Waals surface area contributed by atoms with Gasteiger partial charge in [-0.2, -0.15) is 13.2 Å². The van der Waals surface area contributed by atoms with Crippen LogP contribution >= 0.6 is 0 Å². The van der Waals surface area contributed by atoms with Crippen molar-refractivity contribution in [1.29, 1.82) is 0 Å². The Morgan fingerprint density at radius 2 is 1.96 bits per heavy atom. The summed E-state index contributed by atoms with van der Waals surface area (Å²) in [6, 6.07) is -0.871. The van der Waals surface area contributed by atoms with E-state index in [2.05, 4.69) is 5.32 Å². The average molecular weight is 344 g/mol. The number of hydrogen-bond donors (Lipinski definition) is 1. The van der Waals surface area contributed by atoms with Crippen LogP contribution in [-0.4, -0.2) is 41.5 Å². The number of carbonyl (C=O) groups excluding carboxylic acids is 2. The van der Waals surface area contributed by atoms with E-state index in [0.717, 1.165) is 17.7 Å². The molecular formula is C16H19F3N2O3. The SMILES string of the molecule is CC(=O)N[C@H]1CC[C@H](C(F)(F)F)N(C(=O)c2ccoc2C2CC2)C1. The molecule has 0 bridgehead atoms. The molecule has 0 spiro atoms. The summed E-state index contributed by atoms with van der Waals surface area (Å²) < 4.78 is 45.4. The highest BCUT2D eigenvalue weighted by Crippen LogP contribution is 2.43. The number of alkyl halides is 3. The third kappa shape index (κ3) is 3.42. The fourth-order valence-corrected chi connectivity index (χ4v) is 3.25. The van der Waals surface area contributed by atoms with Crippen molar-refractivity contribution in [2.24, 2.45) is 0 Å². The molecule has 1 aromatic rings. The Balaban J connectivity index is 1.85. The molecule has 5 nitrogen and oxygen atoms in total. The zero-order valence-electron chi connectivity index (χ0n) is 13.2. The van der Waals surface area contributed by atoms with E-state index in [1.807, 2.05) is 0 Å². The van der Waals surface area contributed by atoms with Crippen LogP contribution in [0.2, 0.25) is 0 Å². The van der Waals surface area contributed by atoms with Gasteiger partial charge in [0.05, 0.1) is 11.8 Å². The summed E-state index contributed by atoms with van der Waals surface area (Å²) in [4.78, 5) is 24.8. The molecule has 1 aliphatic carbocycles. The number of rotatable bonds is 3. The number of halogens is 3. The van der Waals surface area contributed by atoms with Crippen LogP contribution in [-0.2, 0) is 4.79 Å². The van der Waals surface area contributed by atoms with Crippen molar-refractivity contribution in [2.75, 3.05) is 6.54 Å². The Hall–Kier alpha value is -1.99. The van der Waals surface area contributed by atoms with Crippen LogP contribution in [0.5, 0.6) is 0 Å². The Bertz CT molecular complexity index is 637. The molecule has 1 saturated heterocycles. The summed E-state index contributed by atoms with van der Waals surface area (Å²) in [5.74, 6) is -0.398. The molecule has 1 saturated carbocycles. The number of furan rings is 1. The third-order valence-electron chi connectivity index (χ3n) is 4.50. The molecule has 1 aliphatic heterocycles. The van der Waals surface area contributed by atoms with Gasteiger partial charge < -0.3 is 14.6 Å². The quantitative estimate of drug-likeness (QED) is 0.917. The lowest BCUT2D eigenvalue weighted by molar-refractivity contribution is -0.184. The number of piperidine rings is 1. The first-order valence-electron chi connectivity index (χ1n) is 7.99. The molecule has 2 atom stereocenters. The molecule has 132 valence electrons. The largest absolute Gasteiger partial charge is 0.468 e. The molecule has 1 N–H and O–H groups in total. The number of likely N-dealkylation sites (tertiary alicyclic amines) is 1. The Morgan fingerprint density at radius 3 is 2.54 bits per heavy atom. The maximum atomic E-state index is 13.3. The molecule has 8 heteroatoms. The van der Waals surface area contributed by atoms with Crippen molar-refractivity contribution in [3.8, 4) is 0 Å². The number of nitrogens with one attached hydrogen (secondary N) is 1. The highest BCUT2D eigenvalue weighted by molar-refractivity contribution is 5.96. The van der Waals surface area contributed by atoms with Gasteiger partial charge in [0.25, 0.3) is 5.91 Å². The second-order valence-electron chi connectivity index (χ2n) is 6.46. The Kier molecular flexibility index (Phi) is 4.31. The minimum absolute atomic E-state index is 0.124. The molecule has 2 heterocycles. The fourth-order valence-electron chi connectivity index (χ4n) is 3.25. The van der Waals surface area contributed by atoms with Crippen molar-refractivity contribution in [1.82, 2.24) is 10.2 Å². The van der Waals surface area contributed by atoms with E-state index in [9.17, 15) is 22.8 Å². The highest BCUT2D eigenvalue weighted by Gasteiger charge is 2.49. The van der Waals surface area contributed by atoms with Crippen LogP contribution in [0, 0.1) is 0 Å². The van der Waals surface area contributed by atoms with Crippen LogP contribution in [0.3, 0.4) is 0 Å². The first kappa shape index (κ1) is 16.9. The van der Waals surface area contributed by atoms with E-state index in [1.165, 1.54) is 19.3 Å². The zero-order chi connectivity index (χ0) is 17.5. The highest BCUT2D eigenvalue weighted by atomic mass is 19.4. The second-order valence-corrected chi connectivity index (χ2v) is 6.46. The van der Waals surface area contributed by atoms with Gasteiger partial charge >= 0.3 is 6.18 Å². The molecule has 2 amide bonds. The van der Waals surface area contributed by atoms with Gasteiger partial charge in [0.2, 0.25) is 5.91 Å². The number of carbonyl (C=O) groups is 2. The summed E-state index contributed by atoms with van der Waals surface area (Å²) in [5, 5.41) is 2.61. The van der Waals surface area contributed by atoms with E-state index < -0.39 is 24.2 Å². The van der Waals surface area contributed by atoms with Gasteiger partial charge in [-0.1, -0.05) is 0 Å². The zero-order valence-corrected chi connectivity index (χ0v) is 13.2. The van der Waals surface area contributed by atoms with Crippen molar-refractivity contribution in [3.63, 3.8) is 0 Å². The van der Waals surface area contributed by atoms with Gasteiger partial charge in [-0.25, -0.2) is 0 Å². The van der Waals surface area contributed by atoms with E-state index in [4.69, 9.17) is 4.42 Å². The van der Waals surface area contributed by atoms with Crippen LogP contribution < -0.4 is 5.32 Å². The predicted molar refractivity (Wildman–Crippen MR) is 78.4 cm³/mol. The molecule has 1 aromatic heterocycles. The van der Waals surface area contributed by atoms with Crippen LogP contribution in [0.25, 0.3) is 0 Å². The summed E-state index contributed by atoms with van der Waals surface area (Å²) in [6.45, 7) is 1.15. The van der Waals surface area contributed by atoms with Crippen molar-refractivity contribution in [3.05, 3.63) is 23.7 Å². The van der Waals surface area contributed by atoms with Gasteiger partial charge in [0.1, 0.15) is 11.8 Å². The van der Waals surface area contributed by atoms with Crippen molar-refractivity contribution in [2.45, 2.75) is 56.8 Å². The molecule has 2 aliphatic rings. The first-order chi connectivity index (χ1) is 11.3. The topological polar surface area (TPSA) is 62.6 Å². The minimum Gasteiger partial charge on any atom is -0.468 e. The molecule has 0 unspecified atom stereocenters. The maximum Gasteiger partial charge on any atom is 0.408 e. The maximum absolute atomic E-state index is 13.3. The number of nitrogens with zero attached hydrogens (tertiary/aromatic N) is 1. The minimum atomic E-state index is -4.50. The molecule has 0 aromatic carbocycles. The average Bonchev–Trinajstić information content (AvgIpc) is 3.22. The van der Waals surface area contributed by atoms with Crippen molar-refractivity contribution >= 4 is 11.8 Å². The van der Waals surface area contributed by atoms with E-state index in [0.29, 0.717) is 5.76 Å². The fraction of sp³-hybridized carbons (Fsp3) is 0.625. The molecule has 2 fully saturated rings. The Labute approximate surface area is 137 Å². The molecule has 24 heavy (non-hydrogen) atoms. The van der Waals surface area contributed by atoms with Gasteiger partial charge in [-0.15, -0.1) is 0 Å². The number of hydrogen-bond acceptors (Lipinski definition) is 3.